The van der Waals surface area contributed by atoms with Gasteiger partial charge in [-0.1, -0.05) is 6.07 Å². The molecule has 1 aromatic heterocycles. The number of carbonyl (C=O) groups excluding carboxylic acids is 2. The van der Waals surface area contributed by atoms with E-state index < -0.39 is 0 Å². The van der Waals surface area contributed by atoms with Gasteiger partial charge < -0.3 is 15.4 Å². The predicted octanol–water partition coefficient (Wildman–Crippen LogP) is 4.29. The molecule has 27 heavy (non-hydrogen) atoms. The fourth-order valence-corrected chi connectivity index (χ4v) is 2.44. The average molecular weight is 361 g/mol. The first-order chi connectivity index (χ1) is 13.0. The number of amides is 1. The first kappa shape index (κ1) is 18.1. The van der Waals surface area contributed by atoms with Crippen LogP contribution in [-0.2, 0) is 0 Å². The Morgan fingerprint density at radius 2 is 1.67 bits per heavy atom. The van der Waals surface area contributed by atoms with E-state index >= 15 is 0 Å². The normalized spacial score (nSPS) is 10.1. The summed E-state index contributed by atoms with van der Waals surface area (Å²) in [5.74, 6) is 1.03. The molecule has 6 heteroatoms. The second-order valence-electron chi connectivity index (χ2n) is 5.88. The summed E-state index contributed by atoms with van der Waals surface area (Å²) in [6.07, 6.45) is 1.50. The number of hydrogen-bond donors (Lipinski definition) is 2. The Hall–Kier alpha value is -3.67. The lowest BCUT2D eigenvalue weighted by atomic mass is 10.1. The number of carbonyl (C=O) groups is 2. The lowest BCUT2D eigenvalue weighted by Gasteiger charge is -2.09. The number of ketones is 1. The Bertz CT molecular complexity index is 951. The van der Waals surface area contributed by atoms with Gasteiger partial charge in [0.1, 0.15) is 11.6 Å². The van der Waals surface area contributed by atoms with E-state index in [1.807, 2.05) is 12.1 Å². The molecule has 1 amide bonds. The smallest absolute Gasteiger partial charge is 0.257 e. The van der Waals surface area contributed by atoms with E-state index in [1.54, 1.807) is 55.6 Å². The van der Waals surface area contributed by atoms with Crippen molar-refractivity contribution >= 4 is 28.9 Å². The molecule has 3 aromatic rings. The number of ether oxygens (including phenoxy) is 1. The van der Waals surface area contributed by atoms with Crippen molar-refractivity contribution in [1.82, 2.24) is 4.98 Å². The Morgan fingerprint density at radius 3 is 2.30 bits per heavy atom. The van der Waals surface area contributed by atoms with Gasteiger partial charge in [0.25, 0.3) is 5.91 Å². The Balaban J connectivity index is 1.65. The summed E-state index contributed by atoms with van der Waals surface area (Å²) in [5.41, 5.74) is 2.54. The number of aromatic nitrogens is 1. The van der Waals surface area contributed by atoms with E-state index in [0.717, 1.165) is 5.69 Å². The van der Waals surface area contributed by atoms with Crippen LogP contribution in [0.2, 0.25) is 0 Å². The molecule has 0 aliphatic carbocycles. The number of pyridine rings is 1. The van der Waals surface area contributed by atoms with Crippen LogP contribution in [0, 0.1) is 0 Å². The molecule has 2 N–H and O–H groups in total. The maximum absolute atomic E-state index is 12.3. The number of Topliss-reactive ketones (excluding diaryl/α,β-unsaturated/α-hetero) is 1. The number of hydrogen-bond acceptors (Lipinski definition) is 5. The predicted molar refractivity (Wildman–Crippen MR) is 105 cm³/mol. The van der Waals surface area contributed by atoms with Crippen LogP contribution in [0.25, 0.3) is 0 Å². The molecule has 0 bridgehead atoms. The van der Waals surface area contributed by atoms with Crippen LogP contribution < -0.4 is 15.4 Å². The number of methoxy groups -OCH3 is 1. The molecular weight excluding hydrogens is 342 g/mol. The summed E-state index contributed by atoms with van der Waals surface area (Å²) in [6, 6.07) is 17.7. The van der Waals surface area contributed by atoms with Crippen LogP contribution in [-0.4, -0.2) is 23.8 Å². The van der Waals surface area contributed by atoms with Crippen molar-refractivity contribution in [3.63, 3.8) is 0 Å². The molecule has 0 fully saturated rings. The highest BCUT2D eigenvalue weighted by atomic mass is 16.5. The van der Waals surface area contributed by atoms with Gasteiger partial charge in [0.2, 0.25) is 0 Å². The Kier molecular flexibility index (Phi) is 5.47. The lowest BCUT2D eigenvalue weighted by Crippen LogP contribution is -2.12. The van der Waals surface area contributed by atoms with E-state index in [4.69, 9.17) is 4.74 Å². The third-order valence-corrected chi connectivity index (χ3v) is 3.92. The van der Waals surface area contributed by atoms with E-state index in [-0.39, 0.29) is 11.7 Å². The highest BCUT2D eigenvalue weighted by molar-refractivity contribution is 6.04. The van der Waals surface area contributed by atoms with Crippen molar-refractivity contribution in [2.75, 3.05) is 17.7 Å². The van der Waals surface area contributed by atoms with Gasteiger partial charge in [-0.3, -0.25) is 9.59 Å². The van der Waals surface area contributed by atoms with Gasteiger partial charge in [-0.2, -0.15) is 0 Å². The van der Waals surface area contributed by atoms with Crippen molar-refractivity contribution in [3.05, 3.63) is 78.0 Å². The minimum atomic E-state index is -0.256. The van der Waals surface area contributed by atoms with Crippen LogP contribution in [0.3, 0.4) is 0 Å². The molecule has 1 heterocycles. The molecule has 0 atom stereocenters. The zero-order valence-electron chi connectivity index (χ0n) is 15.0. The quantitative estimate of drug-likeness (QED) is 0.640. The van der Waals surface area contributed by atoms with Crippen molar-refractivity contribution in [2.45, 2.75) is 6.92 Å². The summed E-state index contributed by atoms with van der Waals surface area (Å²) >= 11 is 0. The standard InChI is InChI=1S/C21H19N3O3/c1-14(25)15-6-9-17(10-7-15)23-20-11-8-16(13-22-20)21(26)24-18-4-3-5-19(12-18)27-2/h3-13H,1-2H3,(H,22,23)(H,24,26). The fourth-order valence-electron chi connectivity index (χ4n) is 2.44. The van der Waals surface area contributed by atoms with Gasteiger partial charge in [-0.05, 0) is 55.5 Å². The molecule has 2 aromatic carbocycles. The van der Waals surface area contributed by atoms with E-state index in [2.05, 4.69) is 15.6 Å². The molecule has 0 unspecified atom stereocenters. The molecule has 0 saturated carbocycles. The molecule has 0 saturated heterocycles. The van der Waals surface area contributed by atoms with Crippen LogP contribution in [0.1, 0.15) is 27.6 Å². The lowest BCUT2D eigenvalue weighted by molar-refractivity contribution is 0.101. The average Bonchev–Trinajstić information content (AvgIpc) is 2.69. The minimum Gasteiger partial charge on any atom is -0.497 e. The Morgan fingerprint density at radius 1 is 0.926 bits per heavy atom. The fraction of sp³-hybridized carbons (Fsp3) is 0.0952. The Labute approximate surface area is 157 Å². The molecule has 136 valence electrons. The van der Waals surface area contributed by atoms with E-state index in [9.17, 15) is 9.59 Å². The monoisotopic (exact) mass is 361 g/mol. The summed E-state index contributed by atoms with van der Waals surface area (Å²) < 4.78 is 5.14. The van der Waals surface area contributed by atoms with Crippen molar-refractivity contribution < 1.29 is 14.3 Å². The SMILES string of the molecule is COc1cccc(NC(=O)c2ccc(Nc3ccc(C(C)=O)cc3)nc2)c1. The first-order valence-corrected chi connectivity index (χ1v) is 8.34. The molecular formula is C21H19N3O3. The summed E-state index contributed by atoms with van der Waals surface area (Å²) in [4.78, 5) is 27.9. The molecule has 0 aliphatic rings. The second-order valence-corrected chi connectivity index (χ2v) is 5.88. The number of nitrogens with zero attached hydrogens (tertiary/aromatic N) is 1. The van der Waals surface area contributed by atoms with Crippen LogP contribution in [0.15, 0.2) is 66.9 Å². The second kappa shape index (κ2) is 8.14. The molecule has 0 spiro atoms. The highest BCUT2D eigenvalue weighted by Gasteiger charge is 2.08. The molecule has 0 aliphatic heterocycles. The summed E-state index contributed by atoms with van der Waals surface area (Å²) in [5, 5.41) is 5.94. The van der Waals surface area contributed by atoms with E-state index in [0.29, 0.717) is 28.4 Å². The summed E-state index contributed by atoms with van der Waals surface area (Å²) in [7, 11) is 1.57. The third-order valence-electron chi connectivity index (χ3n) is 3.92. The summed E-state index contributed by atoms with van der Waals surface area (Å²) in [6.45, 7) is 1.53. The van der Waals surface area contributed by atoms with Crippen LogP contribution in [0.5, 0.6) is 5.75 Å². The number of anilines is 3. The zero-order valence-corrected chi connectivity index (χ0v) is 15.0. The van der Waals surface area contributed by atoms with Crippen LogP contribution >= 0.6 is 0 Å². The maximum Gasteiger partial charge on any atom is 0.257 e. The van der Waals surface area contributed by atoms with Gasteiger partial charge in [0, 0.05) is 29.2 Å². The van der Waals surface area contributed by atoms with Gasteiger partial charge in [0.05, 0.1) is 12.7 Å². The first-order valence-electron chi connectivity index (χ1n) is 8.34. The largest absolute Gasteiger partial charge is 0.497 e. The highest BCUT2D eigenvalue weighted by Crippen LogP contribution is 2.19. The zero-order chi connectivity index (χ0) is 19.2. The van der Waals surface area contributed by atoms with Gasteiger partial charge in [-0.25, -0.2) is 4.98 Å². The van der Waals surface area contributed by atoms with E-state index in [1.165, 1.54) is 13.1 Å². The molecule has 0 radical (unpaired) electrons. The van der Waals surface area contributed by atoms with Crippen molar-refractivity contribution in [3.8, 4) is 5.75 Å². The third kappa shape index (κ3) is 4.70. The molecule has 3 rings (SSSR count). The van der Waals surface area contributed by atoms with Gasteiger partial charge >= 0.3 is 0 Å². The number of nitrogens with one attached hydrogen (secondary N) is 2. The van der Waals surface area contributed by atoms with Crippen LogP contribution in [0.4, 0.5) is 17.2 Å². The number of rotatable bonds is 6. The topological polar surface area (TPSA) is 80.3 Å². The molecule has 6 nitrogen and oxygen atoms in total. The number of benzene rings is 2. The maximum atomic E-state index is 12.3. The van der Waals surface area contributed by atoms with Gasteiger partial charge in [-0.15, -0.1) is 0 Å². The minimum absolute atomic E-state index is 0.0195. The van der Waals surface area contributed by atoms with Gasteiger partial charge in [0.15, 0.2) is 5.78 Å². The van der Waals surface area contributed by atoms with Crippen molar-refractivity contribution in [2.24, 2.45) is 0 Å². The van der Waals surface area contributed by atoms with Crippen molar-refractivity contribution in [1.29, 1.82) is 0 Å².